The number of nitrogens with two attached hydrogens (primary N) is 1. The Balaban J connectivity index is 2.16. The van der Waals surface area contributed by atoms with Crippen molar-refractivity contribution in [1.29, 1.82) is 0 Å². The molecule has 0 spiro atoms. The minimum absolute atomic E-state index is 0.258. The molecule has 4 atom stereocenters. The van der Waals surface area contributed by atoms with Crippen LogP contribution >= 0.6 is 11.8 Å². The van der Waals surface area contributed by atoms with E-state index in [2.05, 4.69) is 10.6 Å². The fourth-order valence-electron chi connectivity index (χ4n) is 3.62. The zero-order chi connectivity index (χ0) is 23.7. The molecule has 10 heteroatoms. The highest BCUT2D eigenvalue weighted by Crippen LogP contribution is 2.20. The zero-order valence-corrected chi connectivity index (χ0v) is 19.3. The van der Waals surface area contributed by atoms with E-state index in [1.54, 1.807) is 0 Å². The van der Waals surface area contributed by atoms with Gasteiger partial charge in [0.15, 0.2) is 0 Å². The molecule has 1 saturated heterocycles. The molecule has 9 nitrogen and oxygen atoms in total. The third-order valence-electron chi connectivity index (χ3n) is 5.37. The van der Waals surface area contributed by atoms with E-state index in [9.17, 15) is 24.3 Å². The Labute approximate surface area is 192 Å². The number of nitrogens with one attached hydrogen (secondary N) is 2. The second kappa shape index (κ2) is 12.4. The molecule has 1 aliphatic heterocycles. The van der Waals surface area contributed by atoms with Crippen LogP contribution in [0.3, 0.4) is 0 Å². The van der Waals surface area contributed by atoms with Crippen molar-refractivity contribution in [2.24, 2.45) is 5.73 Å². The van der Waals surface area contributed by atoms with Crippen molar-refractivity contribution in [3.05, 3.63) is 35.9 Å². The minimum Gasteiger partial charge on any atom is -0.480 e. The number of carboxylic acid groups (broad SMARTS) is 1. The van der Waals surface area contributed by atoms with Crippen LogP contribution in [0.2, 0.25) is 0 Å². The molecule has 3 amide bonds. The molecule has 1 fully saturated rings. The van der Waals surface area contributed by atoms with Crippen LogP contribution in [0.1, 0.15) is 31.7 Å². The number of likely N-dealkylation sites (tertiary alicyclic amines) is 1. The molecule has 0 radical (unpaired) electrons. The summed E-state index contributed by atoms with van der Waals surface area (Å²) in [5.41, 5.74) is 6.53. The summed E-state index contributed by atoms with van der Waals surface area (Å²) >= 11 is 1.50. The third kappa shape index (κ3) is 7.23. The van der Waals surface area contributed by atoms with Crippen LogP contribution in [-0.4, -0.2) is 76.4 Å². The second-order valence-corrected chi connectivity index (χ2v) is 8.90. The van der Waals surface area contributed by atoms with Gasteiger partial charge in [0.05, 0.1) is 6.04 Å². The minimum atomic E-state index is -1.10. The quantitative estimate of drug-likeness (QED) is 0.371. The molecule has 5 N–H and O–H groups in total. The molecule has 1 aliphatic rings. The van der Waals surface area contributed by atoms with Crippen molar-refractivity contribution < 1.29 is 24.3 Å². The number of aliphatic carboxylic acids is 1. The summed E-state index contributed by atoms with van der Waals surface area (Å²) in [6.45, 7) is 1.89. The maximum Gasteiger partial charge on any atom is 0.326 e. The topological polar surface area (TPSA) is 142 Å². The van der Waals surface area contributed by atoms with Gasteiger partial charge in [-0.3, -0.25) is 14.4 Å². The van der Waals surface area contributed by atoms with Gasteiger partial charge in [0.2, 0.25) is 17.7 Å². The summed E-state index contributed by atoms with van der Waals surface area (Å²) in [5.74, 6) is -1.83. The standard InChI is InChI=1S/C22H32N4O5S/c1-14(23)19(27)25-17(13-15-7-4-3-5-8-15)21(29)26-11-6-9-18(26)20(28)24-16(22(30)31)10-12-32-2/h3-5,7-8,14,16-18H,6,9-13,23H2,1-2H3,(H,24,28)(H,25,27)(H,30,31). The Bertz CT molecular complexity index is 805. The molecule has 1 heterocycles. The highest BCUT2D eigenvalue weighted by molar-refractivity contribution is 7.98. The maximum absolute atomic E-state index is 13.4. The summed E-state index contributed by atoms with van der Waals surface area (Å²) in [7, 11) is 0. The first-order chi connectivity index (χ1) is 15.2. The number of hydrogen-bond acceptors (Lipinski definition) is 6. The van der Waals surface area contributed by atoms with E-state index in [0.717, 1.165) is 5.56 Å². The molecule has 1 aromatic rings. The van der Waals surface area contributed by atoms with Crippen LogP contribution in [0.25, 0.3) is 0 Å². The van der Waals surface area contributed by atoms with Crippen molar-refractivity contribution in [1.82, 2.24) is 15.5 Å². The molecule has 1 aromatic carbocycles. The Hall–Kier alpha value is -2.59. The van der Waals surface area contributed by atoms with Crippen molar-refractivity contribution in [2.45, 2.75) is 56.8 Å². The van der Waals surface area contributed by atoms with Crippen LogP contribution in [-0.2, 0) is 25.6 Å². The van der Waals surface area contributed by atoms with Gasteiger partial charge in [-0.15, -0.1) is 0 Å². The molecule has 0 bridgehead atoms. The summed E-state index contributed by atoms with van der Waals surface area (Å²) in [6, 6.07) is 5.81. The van der Waals surface area contributed by atoms with Gasteiger partial charge in [0.25, 0.3) is 0 Å². The number of thioether (sulfide) groups is 1. The van der Waals surface area contributed by atoms with E-state index in [-0.39, 0.29) is 12.3 Å². The average Bonchev–Trinajstić information content (AvgIpc) is 3.26. The molecule has 0 aliphatic carbocycles. The molecule has 176 valence electrons. The Morgan fingerprint density at radius 2 is 1.88 bits per heavy atom. The molecule has 0 saturated carbocycles. The van der Waals surface area contributed by atoms with E-state index in [1.165, 1.54) is 23.6 Å². The van der Waals surface area contributed by atoms with Gasteiger partial charge in [-0.2, -0.15) is 11.8 Å². The van der Waals surface area contributed by atoms with E-state index >= 15 is 0 Å². The molecular formula is C22H32N4O5S. The van der Waals surface area contributed by atoms with Crippen molar-refractivity contribution in [3.63, 3.8) is 0 Å². The predicted molar refractivity (Wildman–Crippen MR) is 123 cm³/mol. The normalized spacial score (nSPS) is 18.5. The number of carboxylic acids is 1. The monoisotopic (exact) mass is 464 g/mol. The third-order valence-corrected chi connectivity index (χ3v) is 6.02. The molecule has 32 heavy (non-hydrogen) atoms. The lowest BCUT2D eigenvalue weighted by molar-refractivity contribution is -0.145. The van der Waals surface area contributed by atoms with E-state index < -0.39 is 42.0 Å². The first-order valence-electron chi connectivity index (χ1n) is 10.7. The van der Waals surface area contributed by atoms with E-state index in [0.29, 0.717) is 31.6 Å². The average molecular weight is 465 g/mol. The first kappa shape index (κ1) is 25.7. The summed E-state index contributed by atoms with van der Waals surface area (Å²) in [6.07, 6.45) is 3.47. The van der Waals surface area contributed by atoms with Gasteiger partial charge in [-0.05, 0) is 43.8 Å². The lowest BCUT2D eigenvalue weighted by Crippen LogP contribution is -2.57. The fourth-order valence-corrected chi connectivity index (χ4v) is 4.09. The van der Waals surface area contributed by atoms with Crippen LogP contribution in [0.5, 0.6) is 0 Å². The van der Waals surface area contributed by atoms with Gasteiger partial charge < -0.3 is 26.4 Å². The SMILES string of the molecule is CSCCC(NC(=O)C1CCCN1C(=O)C(Cc1ccccc1)NC(=O)C(C)N)C(=O)O. The molecule has 2 rings (SSSR count). The lowest BCUT2D eigenvalue weighted by atomic mass is 10.0. The fraction of sp³-hybridized carbons (Fsp3) is 0.545. The smallest absolute Gasteiger partial charge is 0.326 e. The first-order valence-corrected chi connectivity index (χ1v) is 12.1. The van der Waals surface area contributed by atoms with Gasteiger partial charge in [-0.1, -0.05) is 30.3 Å². The summed E-state index contributed by atoms with van der Waals surface area (Å²) < 4.78 is 0. The number of hydrogen-bond donors (Lipinski definition) is 4. The van der Waals surface area contributed by atoms with Crippen molar-refractivity contribution >= 4 is 35.5 Å². The largest absolute Gasteiger partial charge is 0.480 e. The number of amides is 3. The Morgan fingerprint density at radius 1 is 1.19 bits per heavy atom. The van der Waals surface area contributed by atoms with Crippen molar-refractivity contribution in [3.8, 4) is 0 Å². The predicted octanol–water partition coefficient (Wildman–Crippen LogP) is 0.375. The summed E-state index contributed by atoms with van der Waals surface area (Å²) in [4.78, 5) is 51.4. The number of carbonyl (C=O) groups is 4. The van der Waals surface area contributed by atoms with Crippen LogP contribution in [0.15, 0.2) is 30.3 Å². The highest BCUT2D eigenvalue weighted by atomic mass is 32.2. The van der Waals surface area contributed by atoms with Crippen LogP contribution in [0.4, 0.5) is 0 Å². The van der Waals surface area contributed by atoms with Crippen LogP contribution < -0.4 is 16.4 Å². The zero-order valence-electron chi connectivity index (χ0n) is 18.5. The van der Waals surface area contributed by atoms with Gasteiger partial charge in [0, 0.05) is 13.0 Å². The highest BCUT2D eigenvalue weighted by Gasteiger charge is 2.39. The van der Waals surface area contributed by atoms with Gasteiger partial charge in [0.1, 0.15) is 18.1 Å². The number of benzene rings is 1. The molecule has 4 unspecified atom stereocenters. The molecule has 0 aromatic heterocycles. The van der Waals surface area contributed by atoms with E-state index in [4.69, 9.17) is 5.73 Å². The number of rotatable bonds is 11. The number of nitrogens with zero attached hydrogens (tertiary/aromatic N) is 1. The summed E-state index contributed by atoms with van der Waals surface area (Å²) in [5, 5.41) is 14.7. The lowest BCUT2D eigenvalue weighted by Gasteiger charge is -2.30. The Morgan fingerprint density at radius 3 is 2.47 bits per heavy atom. The van der Waals surface area contributed by atoms with E-state index in [1.807, 2.05) is 36.6 Å². The number of carbonyl (C=O) groups excluding carboxylic acids is 3. The maximum atomic E-state index is 13.4. The van der Waals surface area contributed by atoms with Gasteiger partial charge >= 0.3 is 5.97 Å². The van der Waals surface area contributed by atoms with Crippen LogP contribution in [0, 0.1) is 0 Å². The second-order valence-electron chi connectivity index (χ2n) is 7.91. The molecular weight excluding hydrogens is 432 g/mol. The van der Waals surface area contributed by atoms with Gasteiger partial charge in [-0.25, -0.2) is 4.79 Å². The Kier molecular flexibility index (Phi) is 9.98. The van der Waals surface area contributed by atoms with Crippen molar-refractivity contribution in [2.75, 3.05) is 18.6 Å².